The fraction of sp³-hybridized carbons (Fsp3) is 0.457. The van der Waals surface area contributed by atoms with Crippen molar-refractivity contribution < 1.29 is 24.9 Å². The molecule has 3 aromatic rings. The normalized spacial score (nSPS) is 13.7. The van der Waals surface area contributed by atoms with Gasteiger partial charge in [-0.1, -0.05) is 61.4 Å². The summed E-state index contributed by atoms with van der Waals surface area (Å²) in [4.78, 5) is 12.6. The fourth-order valence-electron chi connectivity index (χ4n) is 5.01. The third-order valence-electron chi connectivity index (χ3n) is 7.74. The monoisotopic (exact) mass is 574 g/mol. The van der Waals surface area contributed by atoms with E-state index in [1.165, 1.54) is 11.6 Å². The van der Waals surface area contributed by atoms with Gasteiger partial charge in [-0.3, -0.25) is 4.79 Å². The molecule has 1 amide bonds. The zero-order valence-electron chi connectivity index (χ0n) is 24.6. The van der Waals surface area contributed by atoms with Crippen LogP contribution < -0.4 is 10.6 Å². The standard InChI is InChI=1S/C35H46N2O5/c38-25-29-23-28(16-19-33(29)39)34(40)24-36-20-6-1-2-7-21-42-22-8-5-9-26-12-14-27(15-13-26)31-10-3-4-11-32(31)35(41)37-30-17-18-30/h3-4,10-16,19,23,30,34,36,38-40H,1-2,5-9,17-18,20-22,24-25H2,(H,37,41)/t34-/m0/s1. The number of aliphatic hydroxyl groups is 2. The molecule has 1 atom stereocenters. The number of nitrogens with one attached hydrogen (secondary N) is 2. The Morgan fingerprint density at radius 3 is 2.40 bits per heavy atom. The van der Waals surface area contributed by atoms with E-state index in [1.807, 2.05) is 24.3 Å². The number of carbonyl (C=O) groups is 1. The molecule has 3 aromatic carbocycles. The lowest BCUT2D eigenvalue weighted by Crippen LogP contribution is -2.25. The molecule has 0 unspecified atom stereocenters. The summed E-state index contributed by atoms with van der Waals surface area (Å²) in [5, 5.41) is 35.6. The molecule has 42 heavy (non-hydrogen) atoms. The van der Waals surface area contributed by atoms with Gasteiger partial charge in [0.15, 0.2) is 0 Å². The van der Waals surface area contributed by atoms with Gasteiger partial charge in [0, 0.05) is 36.9 Å². The second kappa shape index (κ2) is 17.0. The first-order valence-corrected chi connectivity index (χ1v) is 15.4. The Kier molecular flexibility index (Phi) is 12.8. The van der Waals surface area contributed by atoms with Crippen LogP contribution in [0.5, 0.6) is 5.75 Å². The summed E-state index contributed by atoms with van der Waals surface area (Å²) >= 11 is 0. The van der Waals surface area contributed by atoms with Gasteiger partial charge < -0.3 is 30.7 Å². The largest absolute Gasteiger partial charge is 0.508 e. The molecule has 1 aliphatic rings. The SMILES string of the molecule is O=C(NC1CC1)c1ccccc1-c1ccc(CCCCOCCCCCCNC[C@H](O)c2ccc(O)c(CO)c2)cc1. The molecule has 0 heterocycles. The highest BCUT2D eigenvalue weighted by Crippen LogP contribution is 2.26. The van der Waals surface area contributed by atoms with Gasteiger partial charge in [-0.2, -0.15) is 0 Å². The molecule has 0 aromatic heterocycles. The molecule has 1 fully saturated rings. The number of carbonyl (C=O) groups excluding carboxylic acids is 1. The van der Waals surface area contributed by atoms with Crippen molar-refractivity contribution in [3.8, 4) is 16.9 Å². The van der Waals surface area contributed by atoms with Gasteiger partial charge in [0.2, 0.25) is 0 Å². The Bertz CT molecular complexity index is 1240. The average Bonchev–Trinajstić information content (AvgIpc) is 3.84. The van der Waals surface area contributed by atoms with Crippen LogP contribution in [0.15, 0.2) is 66.7 Å². The summed E-state index contributed by atoms with van der Waals surface area (Å²) in [6.07, 6.45) is 8.98. The summed E-state index contributed by atoms with van der Waals surface area (Å²) in [6, 6.07) is 21.6. The minimum absolute atomic E-state index is 0.0205. The summed E-state index contributed by atoms with van der Waals surface area (Å²) in [6.45, 7) is 2.61. The lowest BCUT2D eigenvalue weighted by molar-refractivity contribution is 0.0951. The predicted octanol–water partition coefficient (Wildman–Crippen LogP) is 5.67. The number of rotatable bonds is 19. The van der Waals surface area contributed by atoms with Crippen LogP contribution in [0.2, 0.25) is 0 Å². The number of ether oxygens (including phenoxy) is 1. The number of aromatic hydroxyl groups is 1. The molecular weight excluding hydrogens is 528 g/mol. The Balaban J connectivity index is 1.00. The number of unbranched alkanes of at least 4 members (excludes halogenated alkanes) is 4. The van der Waals surface area contributed by atoms with E-state index in [-0.39, 0.29) is 18.3 Å². The molecule has 226 valence electrons. The second-order valence-corrected chi connectivity index (χ2v) is 11.2. The molecule has 1 aliphatic carbocycles. The van der Waals surface area contributed by atoms with Gasteiger partial charge in [-0.05, 0) is 91.9 Å². The van der Waals surface area contributed by atoms with Gasteiger partial charge in [0.05, 0.1) is 12.7 Å². The Morgan fingerprint density at radius 2 is 1.64 bits per heavy atom. The summed E-state index contributed by atoms with van der Waals surface area (Å²) in [5.41, 5.74) is 5.21. The highest BCUT2D eigenvalue weighted by atomic mass is 16.5. The van der Waals surface area contributed by atoms with Crippen LogP contribution in [0, 0.1) is 0 Å². The Hall–Kier alpha value is -3.23. The lowest BCUT2D eigenvalue weighted by atomic mass is 9.97. The van der Waals surface area contributed by atoms with E-state index in [1.54, 1.807) is 12.1 Å². The van der Waals surface area contributed by atoms with Crippen molar-refractivity contribution in [2.24, 2.45) is 0 Å². The number of benzene rings is 3. The lowest BCUT2D eigenvalue weighted by Gasteiger charge is -2.14. The van der Waals surface area contributed by atoms with Crippen molar-refractivity contribution in [2.45, 2.75) is 76.5 Å². The van der Waals surface area contributed by atoms with E-state index < -0.39 is 6.10 Å². The van der Waals surface area contributed by atoms with E-state index >= 15 is 0 Å². The van der Waals surface area contributed by atoms with Crippen molar-refractivity contribution >= 4 is 5.91 Å². The zero-order valence-corrected chi connectivity index (χ0v) is 24.6. The third kappa shape index (κ3) is 10.2. The highest BCUT2D eigenvalue weighted by molar-refractivity contribution is 6.01. The van der Waals surface area contributed by atoms with Gasteiger partial charge in [-0.25, -0.2) is 0 Å². The van der Waals surface area contributed by atoms with Crippen LogP contribution in [0.4, 0.5) is 0 Å². The van der Waals surface area contributed by atoms with Gasteiger partial charge >= 0.3 is 0 Å². The van der Waals surface area contributed by atoms with E-state index in [9.17, 15) is 20.1 Å². The molecular formula is C35H46N2O5. The van der Waals surface area contributed by atoms with Crippen LogP contribution in [-0.4, -0.2) is 53.6 Å². The molecule has 0 aliphatic heterocycles. The van der Waals surface area contributed by atoms with Crippen molar-refractivity contribution in [1.82, 2.24) is 10.6 Å². The van der Waals surface area contributed by atoms with E-state index in [4.69, 9.17) is 4.74 Å². The first kappa shape index (κ1) is 31.7. The van der Waals surface area contributed by atoms with Crippen molar-refractivity contribution in [3.05, 3.63) is 89.0 Å². The third-order valence-corrected chi connectivity index (χ3v) is 7.74. The molecule has 0 saturated heterocycles. The number of amides is 1. The van der Waals surface area contributed by atoms with E-state index in [2.05, 4.69) is 34.9 Å². The van der Waals surface area contributed by atoms with Crippen molar-refractivity contribution in [2.75, 3.05) is 26.3 Å². The average molecular weight is 575 g/mol. The van der Waals surface area contributed by atoms with Gasteiger partial charge in [-0.15, -0.1) is 0 Å². The van der Waals surface area contributed by atoms with Crippen LogP contribution in [0.1, 0.15) is 84.5 Å². The topological polar surface area (TPSA) is 111 Å². The predicted molar refractivity (Wildman–Crippen MR) is 166 cm³/mol. The molecule has 5 N–H and O–H groups in total. The highest BCUT2D eigenvalue weighted by Gasteiger charge is 2.24. The quantitative estimate of drug-likeness (QED) is 0.118. The molecule has 0 spiro atoms. The van der Waals surface area contributed by atoms with Crippen molar-refractivity contribution in [3.63, 3.8) is 0 Å². The number of phenols is 1. The van der Waals surface area contributed by atoms with Crippen molar-refractivity contribution in [1.29, 1.82) is 0 Å². The van der Waals surface area contributed by atoms with Crippen LogP contribution in [0.25, 0.3) is 11.1 Å². The summed E-state index contributed by atoms with van der Waals surface area (Å²) in [5.74, 6) is 0.0641. The maximum absolute atomic E-state index is 12.6. The van der Waals surface area contributed by atoms with Crippen LogP contribution in [0.3, 0.4) is 0 Å². The second-order valence-electron chi connectivity index (χ2n) is 11.2. The number of hydrogen-bond donors (Lipinski definition) is 5. The van der Waals surface area contributed by atoms with Crippen LogP contribution >= 0.6 is 0 Å². The molecule has 7 nitrogen and oxygen atoms in total. The maximum Gasteiger partial charge on any atom is 0.252 e. The summed E-state index contributed by atoms with van der Waals surface area (Å²) in [7, 11) is 0. The van der Waals surface area contributed by atoms with E-state index in [0.717, 1.165) is 94.2 Å². The smallest absolute Gasteiger partial charge is 0.252 e. The molecule has 0 bridgehead atoms. The molecule has 4 rings (SSSR count). The Morgan fingerprint density at radius 1 is 0.905 bits per heavy atom. The maximum atomic E-state index is 12.6. The van der Waals surface area contributed by atoms with Crippen LogP contribution in [-0.2, 0) is 17.8 Å². The molecule has 1 saturated carbocycles. The minimum atomic E-state index is -0.669. The zero-order chi connectivity index (χ0) is 29.6. The first-order valence-electron chi connectivity index (χ1n) is 15.4. The number of aryl methyl sites for hydroxylation is 1. The number of aliphatic hydroxyl groups excluding tert-OH is 2. The Labute approximate surface area is 250 Å². The fourth-order valence-corrected chi connectivity index (χ4v) is 5.01. The minimum Gasteiger partial charge on any atom is -0.508 e. The molecule has 7 heteroatoms. The molecule has 0 radical (unpaired) electrons. The summed E-state index contributed by atoms with van der Waals surface area (Å²) < 4.78 is 5.83. The first-order chi connectivity index (χ1) is 20.5. The van der Waals surface area contributed by atoms with Gasteiger partial charge in [0.25, 0.3) is 5.91 Å². The number of hydrogen-bond acceptors (Lipinski definition) is 6. The van der Waals surface area contributed by atoms with Gasteiger partial charge in [0.1, 0.15) is 5.75 Å². The van der Waals surface area contributed by atoms with E-state index in [0.29, 0.717) is 23.7 Å².